The fourth-order valence-corrected chi connectivity index (χ4v) is 2.00. The van der Waals surface area contributed by atoms with Crippen molar-refractivity contribution in [2.45, 2.75) is 31.8 Å². The number of aromatic nitrogens is 1. The van der Waals surface area contributed by atoms with Crippen molar-refractivity contribution in [2.24, 2.45) is 5.73 Å². The molecule has 2 rings (SSSR count). The van der Waals surface area contributed by atoms with Gasteiger partial charge >= 0.3 is 0 Å². The molecule has 1 aromatic heterocycles. The Balaban J connectivity index is 2.05. The molecule has 1 aliphatic rings. The van der Waals surface area contributed by atoms with E-state index in [1.54, 1.807) is 12.4 Å². The third kappa shape index (κ3) is 2.58. The lowest BCUT2D eigenvalue weighted by Crippen LogP contribution is -2.41. The van der Waals surface area contributed by atoms with Crippen LogP contribution in [0.4, 0.5) is 0 Å². The zero-order valence-electron chi connectivity index (χ0n) is 9.30. The highest BCUT2D eigenvalue weighted by Gasteiger charge is 2.23. The number of carbonyl (C=O) groups excluding carboxylic acids is 1. The Labute approximate surface area is 95.5 Å². The first-order chi connectivity index (χ1) is 7.77. The Morgan fingerprint density at radius 2 is 2.12 bits per heavy atom. The highest BCUT2D eigenvalue weighted by Crippen LogP contribution is 2.13. The average Bonchev–Trinajstić information content (AvgIpc) is 2.46. The second-order valence-corrected chi connectivity index (χ2v) is 4.22. The van der Waals surface area contributed by atoms with Crippen LogP contribution in [0.2, 0.25) is 0 Å². The maximum atomic E-state index is 11.9. The predicted molar refractivity (Wildman–Crippen MR) is 61.5 cm³/mol. The number of likely N-dealkylation sites (tertiary alicyclic amines) is 1. The third-order valence-electron chi connectivity index (χ3n) is 2.94. The summed E-state index contributed by atoms with van der Waals surface area (Å²) in [6.45, 7) is 1.46. The van der Waals surface area contributed by atoms with Gasteiger partial charge in [-0.2, -0.15) is 0 Å². The molecular formula is C12H17N3O. The molecule has 2 N–H and O–H groups in total. The maximum Gasteiger partial charge on any atom is 0.239 e. The van der Waals surface area contributed by atoms with Crippen LogP contribution in [0.1, 0.15) is 24.8 Å². The number of hydrogen-bond acceptors (Lipinski definition) is 3. The van der Waals surface area contributed by atoms with E-state index in [4.69, 9.17) is 5.73 Å². The van der Waals surface area contributed by atoms with Gasteiger partial charge in [-0.1, -0.05) is 0 Å². The normalized spacial score (nSPS) is 21.9. The monoisotopic (exact) mass is 219 g/mol. The summed E-state index contributed by atoms with van der Waals surface area (Å²) in [4.78, 5) is 17.8. The first-order valence-electron chi connectivity index (χ1n) is 5.70. The van der Waals surface area contributed by atoms with Crippen LogP contribution in [0.15, 0.2) is 24.5 Å². The zero-order chi connectivity index (χ0) is 11.4. The van der Waals surface area contributed by atoms with Crippen LogP contribution in [0.5, 0.6) is 0 Å². The van der Waals surface area contributed by atoms with E-state index in [1.807, 2.05) is 17.0 Å². The molecule has 4 heteroatoms. The molecule has 4 nitrogen and oxygen atoms in total. The molecule has 2 heterocycles. The standard InChI is InChI=1S/C12H17N3O/c13-11-3-1-2-8-15(12(11)16)9-10-4-6-14-7-5-10/h4-7,11H,1-3,8-9,13H2/t11-/m1/s1. The number of carbonyl (C=O) groups is 1. The molecule has 0 aromatic carbocycles. The van der Waals surface area contributed by atoms with E-state index in [-0.39, 0.29) is 11.9 Å². The summed E-state index contributed by atoms with van der Waals surface area (Å²) in [6, 6.07) is 3.55. The molecule has 16 heavy (non-hydrogen) atoms. The molecule has 1 saturated heterocycles. The average molecular weight is 219 g/mol. The summed E-state index contributed by atoms with van der Waals surface area (Å²) in [7, 11) is 0. The third-order valence-corrected chi connectivity index (χ3v) is 2.94. The van der Waals surface area contributed by atoms with Crippen LogP contribution in [0.3, 0.4) is 0 Å². The van der Waals surface area contributed by atoms with Crippen molar-refractivity contribution in [2.75, 3.05) is 6.54 Å². The fraction of sp³-hybridized carbons (Fsp3) is 0.500. The number of pyridine rings is 1. The first-order valence-corrected chi connectivity index (χ1v) is 5.70. The van der Waals surface area contributed by atoms with Crippen LogP contribution in [-0.4, -0.2) is 28.4 Å². The smallest absolute Gasteiger partial charge is 0.239 e. The highest BCUT2D eigenvalue weighted by atomic mass is 16.2. The molecule has 0 radical (unpaired) electrons. The van der Waals surface area contributed by atoms with Crippen molar-refractivity contribution in [1.82, 2.24) is 9.88 Å². The summed E-state index contributed by atoms with van der Waals surface area (Å²) >= 11 is 0. The van der Waals surface area contributed by atoms with Gasteiger partial charge in [0, 0.05) is 25.5 Å². The summed E-state index contributed by atoms with van der Waals surface area (Å²) in [5.41, 5.74) is 6.93. The summed E-state index contributed by atoms with van der Waals surface area (Å²) in [6.07, 6.45) is 6.39. The van der Waals surface area contributed by atoms with Crippen molar-refractivity contribution >= 4 is 5.91 Å². The van der Waals surface area contributed by atoms with Crippen LogP contribution in [0.25, 0.3) is 0 Å². The second-order valence-electron chi connectivity index (χ2n) is 4.22. The Kier molecular flexibility index (Phi) is 3.51. The van der Waals surface area contributed by atoms with Gasteiger partial charge in [-0.05, 0) is 37.0 Å². The lowest BCUT2D eigenvalue weighted by molar-refractivity contribution is -0.132. The number of hydrogen-bond donors (Lipinski definition) is 1. The van der Waals surface area contributed by atoms with E-state index >= 15 is 0 Å². The van der Waals surface area contributed by atoms with E-state index in [2.05, 4.69) is 4.98 Å². The van der Waals surface area contributed by atoms with E-state index in [0.717, 1.165) is 31.4 Å². The Morgan fingerprint density at radius 3 is 2.88 bits per heavy atom. The molecule has 1 atom stereocenters. The summed E-state index contributed by atoms with van der Waals surface area (Å²) < 4.78 is 0. The van der Waals surface area contributed by atoms with Gasteiger partial charge in [-0.15, -0.1) is 0 Å². The maximum absolute atomic E-state index is 11.9. The predicted octanol–water partition coefficient (Wildman–Crippen LogP) is 0.921. The van der Waals surface area contributed by atoms with Gasteiger partial charge < -0.3 is 10.6 Å². The van der Waals surface area contributed by atoms with E-state index in [0.29, 0.717) is 6.54 Å². The van der Waals surface area contributed by atoms with Gasteiger partial charge in [0.1, 0.15) is 0 Å². The minimum absolute atomic E-state index is 0.0781. The molecule has 0 unspecified atom stereocenters. The lowest BCUT2D eigenvalue weighted by Gasteiger charge is -2.22. The molecule has 86 valence electrons. The number of amides is 1. The van der Waals surface area contributed by atoms with Crippen molar-refractivity contribution in [3.8, 4) is 0 Å². The summed E-state index contributed by atoms with van der Waals surface area (Å²) in [5, 5.41) is 0. The molecular weight excluding hydrogens is 202 g/mol. The summed E-state index contributed by atoms with van der Waals surface area (Å²) in [5.74, 6) is 0.0781. The second kappa shape index (κ2) is 5.07. The fourth-order valence-electron chi connectivity index (χ4n) is 2.00. The molecule has 0 saturated carbocycles. The van der Waals surface area contributed by atoms with Crippen LogP contribution in [0, 0.1) is 0 Å². The molecule has 1 aromatic rings. The van der Waals surface area contributed by atoms with Crippen LogP contribution < -0.4 is 5.73 Å². The highest BCUT2D eigenvalue weighted by molar-refractivity contribution is 5.81. The Hall–Kier alpha value is -1.42. The number of nitrogens with zero attached hydrogens (tertiary/aromatic N) is 2. The van der Waals surface area contributed by atoms with Crippen molar-refractivity contribution in [1.29, 1.82) is 0 Å². The zero-order valence-corrected chi connectivity index (χ0v) is 9.30. The first kappa shape index (κ1) is 11.1. The van der Waals surface area contributed by atoms with Crippen LogP contribution in [-0.2, 0) is 11.3 Å². The SMILES string of the molecule is N[C@@H]1CCCCN(Cc2ccncc2)C1=O. The van der Waals surface area contributed by atoms with Crippen LogP contribution >= 0.6 is 0 Å². The quantitative estimate of drug-likeness (QED) is 0.804. The lowest BCUT2D eigenvalue weighted by atomic mass is 10.1. The topological polar surface area (TPSA) is 59.2 Å². The molecule has 1 amide bonds. The largest absolute Gasteiger partial charge is 0.337 e. The Bertz CT molecular complexity index is 353. The van der Waals surface area contributed by atoms with Crippen molar-refractivity contribution in [3.05, 3.63) is 30.1 Å². The number of nitrogens with two attached hydrogens (primary N) is 1. The van der Waals surface area contributed by atoms with Gasteiger partial charge in [0.05, 0.1) is 6.04 Å². The molecule has 1 aliphatic heterocycles. The van der Waals surface area contributed by atoms with Gasteiger partial charge in [-0.25, -0.2) is 0 Å². The molecule has 0 aliphatic carbocycles. The van der Waals surface area contributed by atoms with E-state index < -0.39 is 0 Å². The minimum atomic E-state index is -0.315. The van der Waals surface area contributed by atoms with Crippen molar-refractivity contribution in [3.63, 3.8) is 0 Å². The molecule has 0 spiro atoms. The van der Waals surface area contributed by atoms with Gasteiger partial charge in [-0.3, -0.25) is 9.78 Å². The number of rotatable bonds is 2. The Morgan fingerprint density at radius 1 is 1.38 bits per heavy atom. The van der Waals surface area contributed by atoms with Gasteiger partial charge in [0.15, 0.2) is 0 Å². The van der Waals surface area contributed by atoms with Crippen molar-refractivity contribution < 1.29 is 4.79 Å². The molecule has 0 bridgehead atoms. The van der Waals surface area contributed by atoms with E-state index in [9.17, 15) is 4.79 Å². The van der Waals surface area contributed by atoms with Gasteiger partial charge in [0.25, 0.3) is 0 Å². The minimum Gasteiger partial charge on any atom is -0.337 e. The molecule has 1 fully saturated rings. The van der Waals surface area contributed by atoms with Gasteiger partial charge in [0.2, 0.25) is 5.91 Å². The van der Waals surface area contributed by atoms with E-state index in [1.165, 1.54) is 0 Å².